The van der Waals surface area contributed by atoms with Crippen molar-refractivity contribution in [3.8, 4) is 5.75 Å². The van der Waals surface area contributed by atoms with Crippen LogP contribution in [0.1, 0.15) is 32.8 Å². The molecule has 0 amide bonds. The van der Waals surface area contributed by atoms with Crippen molar-refractivity contribution in [1.82, 2.24) is 0 Å². The highest BCUT2D eigenvalue weighted by molar-refractivity contribution is 8.12. The van der Waals surface area contributed by atoms with E-state index in [9.17, 15) is 4.79 Å². The van der Waals surface area contributed by atoms with Crippen LogP contribution < -0.4 is 4.74 Å². The number of ether oxygens (including phenoxy) is 1. The van der Waals surface area contributed by atoms with Gasteiger partial charge in [0, 0.05) is 12.7 Å². The topological polar surface area (TPSA) is 26.3 Å². The Morgan fingerprint density at radius 1 is 1.25 bits per heavy atom. The van der Waals surface area contributed by atoms with E-state index in [2.05, 4.69) is 13.8 Å². The number of carbonyl (C=O) groups excluding carboxylic acids is 1. The summed E-state index contributed by atoms with van der Waals surface area (Å²) in [6, 6.07) is 7.73. The molecular weight excluding hydrogens is 220 g/mol. The second-order valence-electron chi connectivity index (χ2n) is 3.34. The van der Waals surface area contributed by atoms with Gasteiger partial charge in [-0.25, -0.2) is 0 Å². The van der Waals surface area contributed by atoms with Crippen molar-refractivity contribution in [2.75, 3.05) is 7.11 Å². The van der Waals surface area contributed by atoms with E-state index in [0.29, 0.717) is 0 Å². The van der Waals surface area contributed by atoms with E-state index >= 15 is 0 Å². The number of rotatable bonds is 3. The molecule has 1 aromatic rings. The van der Waals surface area contributed by atoms with Crippen LogP contribution in [-0.4, -0.2) is 12.2 Å². The van der Waals surface area contributed by atoms with Gasteiger partial charge in [-0.2, -0.15) is 0 Å². The molecule has 0 unspecified atom stereocenters. The summed E-state index contributed by atoms with van der Waals surface area (Å²) in [6.45, 7) is 5.83. The lowest BCUT2D eigenvalue weighted by Gasteiger charge is -2.01. The Kier molecular flexibility index (Phi) is 8.72. The molecule has 1 rings (SSSR count). The highest BCUT2D eigenvalue weighted by atomic mass is 32.2. The van der Waals surface area contributed by atoms with Crippen molar-refractivity contribution in [3.05, 3.63) is 29.8 Å². The molecule has 0 saturated heterocycles. The van der Waals surface area contributed by atoms with Crippen molar-refractivity contribution in [1.29, 1.82) is 0 Å². The molecule has 0 N–H and O–H groups in total. The molecule has 0 aromatic heterocycles. The molecule has 2 nitrogen and oxygen atoms in total. The molecule has 0 aliphatic rings. The highest BCUT2D eigenvalue weighted by Gasteiger charge is 1.97. The Hall–Kier alpha value is -0.960. The van der Waals surface area contributed by atoms with Crippen LogP contribution in [-0.2, 0) is 10.5 Å². The predicted octanol–water partition coefficient (Wildman–Crippen LogP) is 3.89. The zero-order valence-electron chi connectivity index (χ0n) is 10.4. The molecule has 90 valence electrons. The van der Waals surface area contributed by atoms with Gasteiger partial charge in [0.1, 0.15) is 5.75 Å². The second kappa shape index (κ2) is 9.28. The molecule has 1 aromatic carbocycles. The van der Waals surface area contributed by atoms with Gasteiger partial charge in [0.05, 0.1) is 7.11 Å². The summed E-state index contributed by atoms with van der Waals surface area (Å²) in [5, 5.41) is 0.149. The fourth-order valence-corrected chi connectivity index (χ4v) is 1.47. The van der Waals surface area contributed by atoms with Crippen molar-refractivity contribution in [2.45, 2.75) is 32.9 Å². The molecule has 0 aliphatic carbocycles. The lowest BCUT2D eigenvalue weighted by atomic mass is 10.2. The largest absolute Gasteiger partial charge is 0.497 e. The van der Waals surface area contributed by atoms with E-state index in [-0.39, 0.29) is 5.12 Å². The average molecular weight is 240 g/mol. The SMILES string of the molecule is CCC.COc1ccc(CSC(C)=O)cc1. The first kappa shape index (κ1) is 15.0. The van der Waals surface area contributed by atoms with Gasteiger partial charge in [-0.15, -0.1) is 0 Å². The third-order valence-corrected chi connectivity index (χ3v) is 2.49. The van der Waals surface area contributed by atoms with Gasteiger partial charge in [-0.1, -0.05) is 44.2 Å². The lowest BCUT2D eigenvalue weighted by molar-refractivity contribution is -0.109. The normalized spacial score (nSPS) is 9.00. The summed E-state index contributed by atoms with van der Waals surface area (Å²) in [5.74, 6) is 1.58. The quantitative estimate of drug-likeness (QED) is 0.801. The van der Waals surface area contributed by atoms with Gasteiger partial charge in [0.15, 0.2) is 5.12 Å². The number of carbonyl (C=O) groups is 1. The molecule has 0 radical (unpaired) electrons. The van der Waals surface area contributed by atoms with Crippen LogP contribution in [0, 0.1) is 0 Å². The molecule has 0 aliphatic heterocycles. The third-order valence-electron chi connectivity index (χ3n) is 1.60. The maximum absolute atomic E-state index is 10.7. The molecule has 3 heteroatoms. The molecule has 0 spiro atoms. The van der Waals surface area contributed by atoms with Crippen LogP contribution in [0.3, 0.4) is 0 Å². The van der Waals surface area contributed by atoms with E-state index in [1.807, 2.05) is 24.3 Å². The van der Waals surface area contributed by atoms with Gasteiger partial charge in [-0.05, 0) is 17.7 Å². The predicted molar refractivity (Wildman–Crippen MR) is 70.9 cm³/mol. The van der Waals surface area contributed by atoms with Crippen LogP contribution in [0.15, 0.2) is 24.3 Å². The molecule has 0 bridgehead atoms. The Morgan fingerprint density at radius 3 is 2.12 bits per heavy atom. The molecular formula is C13H20O2S. The first-order valence-corrected chi connectivity index (χ1v) is 6.38. The minimum absolute atomic E-state index is 0.149. The van der Waals surface area contributed by atoms with Crippen LogP contribution in [0.2, 0.25) is 0 Å². The minimum Gasteiger partial charge on any atom is -0.497 e. The minimum atomic E-state index is 0.149. The second-order valence-corrected chi connectivity index (χ2v) is 4.49. The van der Waals surface area contributed by atoms with E-state index in [1.165, 1.54) is 18.2 Å². The van der Waals surface area contributed by atoms with Crippen molar-refractivity contribution >= 4 is 16.9 Å². The maximum Gasteiger partial charge on any atom is 0.186 e. The Morgan fingerprint density at radius 2 is 1.75 bits per heavy atom. The summed E-state index contributed by atoms with van der Waals surface area (Å²) >= 11 is 1.32. The summed E-state index contributed by atoms with van der Waals surface area (Å²) in [6.07, 6.45) is 1.25. The van der Waals surface area contributed by atoms with Crippen molar-refractivity contribution in [2.24, 2.45) is 0 Å². The molecule has 16 heavy (non-hydrogen) atoms. The van der Waals surface area contributed by atoms with Gasteiger partial charge in [0.2, 0.25) is 0 Å². The summed E-state index contributed by atoms with van der Waals surface area (Å²) in [7, 11) is 1.64. The number of thioether (sulfide) groups is 1. The first-order valence-electron chi connectivity index (χ1n) is 5.40. The zero-order valence-corrected chi connectivity index (χ0v) is 11.3. The first-order chi connectivity index (χ1) is 7.63. The fraction of sp³-hybridized carbons (Fsp3) is 0.462. The van der Waals surface area contributed by atoms with E-state index in [0.717, 1.165) is 17.1 Å². The molecule has 0 heterocycles. The maximum atomic E-state index is 10.7. The van der Waals surface area contributed by atoms with Gasteiger partial charge >= 0.3 is 0 Å². The van der Waals surface area contributed by atoms with E-state index in [4.69, 9.17) is 4.74 Å². The van der Waals surface area contributed by atoms with Crippen LogP contribution >= 0.6 is 11.8 Å². The van der Waals surface area contributed by atoms with Crippen molar-refractivity contribution < 1.29 is 9.53 Å². The Balaban J connectivity index is 0.000000673. The van der Waals surface area contributed by atoms with E-state index in [1.54, 1.807) is 14.0 Å². The standard InChI is InChI=1S/C10H12O2S.C3H8/c1-8(11)13-7-9-3-5-10(12-2)6-4-9;1-3-2/h3-6H,7H2,1-2H3;3H2,1-2H3. The number of methoxy groups -OCH3 is 1. The zero-order chi connectivity index (χ0) is 12.4. The molecule has 0 fully saturated rings. The lowest BCUT2D eigenvalue weighted by Crippen LogP contribution is -1.86. The fourth-order valence-electron chi connectivity index (χ4n) is 0.907. The summed E-state index contributed by atoms with van der Waals surface area (Å²) < 4.78 is 5.02. The Labute approximate surface area is 102 Å². The van der Waals surface area contributed by atoms with Crippen LogP contribution in [0.5, 0.6) is 5.75 Å². The van der Waals surface area contributed by atoms with E-state index < -0.39 is 0 Å². The van der Waals surface area contributed by atoms with Gasteiger partial charge in [0.25, 0.3) is 0 Å². The van der Waals surface area contributed by atoms with Gasteiger partial charge in [-0.3, -0.25) is 4.79 Å². The summed E-state index contributed by atoms with van der Waals surface area (Å²) in [4.78, 5) is 10.7. The van der Waals surface area contributed by atoms with Crippen LogP contribution in [0.4, 0.5) is 0 Å². The molecule has 0 atom stereocenters. The Bertz CT molecular complexity index is 293. The molecule has 0 saturated carbocycles. The summed E-state index contributed by atoms with van der Waals surface area (Å²) in [5.41, 5.74) is 1.14. The number of hydrogen-bond acceptors (Lipinski definition) is 3. The number of hydrogen-bond donors (Lipinski definition) is 0. The number of benzene rings is 1. The highest BCUT2D eigenvalue weighted by Crippen LogP contribution is 2.16. The van der Waals surface area contributed by atoms with Gasteiger partial charge < -0.3 is 4.74 Å². The third kappa shape index (κ3) is 7.35. The average Bonchev–Trinajstić information content (AvgIpc) is 2.28. The monoisotopic (exact) mass is 240 g/mol. The van der Waals surface area contributed by atoms with Crippen LogP contribution in [0.25, 0.3) is 0 Å². The smallest absolute Gasteiger partial charge is 0.186 e. The van der Waals surface area contributed by atoms with Crippen molar-refractivity contribution in [3.63, 3.8) is 0 Å².